The number of benzene rings is 4. The van der Waals surface area contributed by atoms with E-state index < -0.39 is 17.7 Å². The molecule has 1 saturated heterocycles. The number of nitrogens with zero attached hydrogens (tertiary/aromatic N) is 3. The zero-order chi connectivity index (χ0) is 32.4. The average Bonchev–Trinajstić information content (AvgIpc) is 3.61. The fraction of sp³-hybridized carbons (Fsp3) is 0.118. The van der Waals surface area contributed by atoms with E-state index in [-0.39, 0.29) is 16.5 Å². The molecule has 0 aliphatic carbocycles. The van der Waals surface area contributed by atoms with Crippen LogP contribution in [-0.4, -0.2) is 27.0 Å². The van der Waals surface area contributed by atoms with Crippen LogP contribution in [0.1, 0.15) is 33.9 Å². The second-order valence-corrected chi connectivity index (χ2v) is 14.7. The average molecular weight is 801 g/mol. The number of hydrogen-bond donors (Lipinski definition) is 1. The molecule has 6 rings (SSSR count). The minimum absolute atomic E-state index is 0.0306. The Hall–Kier alpha value is -3.42. The number of rotatable bonds is 9. The lowest BCUT2D eigenvalue weighted by molar-refractivity contribution is -0.132. The molecule has 0 radical (unpaired) electrons. The SMILES string of the molecule is Cc1cccc(COc2ccc(/C(O)=C3\C(=O)C(=O)N(c4nnc(SCc5ccc(Cl)cc5Cl)s4)C3c3ccc(I)cc3)cc2)c1. The molecule has 12 heteroatoms. The standard InChI is InChI=1S/C34H24Cl2IN3O4S2/c1-19-3-2-4-20(15-19)17-44-26-13-8-22(9-14-26)30(41)28-29(21-6-11-25(37)12-7-21)40(32(43)31(28)42)33-38-39-34(46-33)45-18-23-5-10-24(35)16-27(23)36/h2-16,29,41H,17-18H2,1H3/b30-28+. The Morgan fingerprint density at radius 2 is 1.76 bits per heavy atom. The first-order valence-electron chi connectivity index (χ1n) is 13.9. The Balaban J connectivity index is 1.29. The van der Waals surface area contributed by atoms with Gasteiger partial charge < -0.3 is 9.84 Å². The molecule has 1 N–H and O–H groups in total. The van der Waals surface area contributed by atoms with Crippen molar-refractivity contribution in [1.29, 1.82) is 0 Å². The molecule has 2 heterocycles. The lowest BCUT2D eigenvalue weighted by Gasteiger charge is -2.22. The Bertz CT molecular complexity index is 1970. The van der Waals surface area contributed by atoms with Gasteiger partial charge in [0.1, 0.15) is 18.1 Å². The van der Waals surface area contributed by atoms with E-state index in [0.717, 1.165) is 20.3 Å². The van der Waals surface area contributed by atoms with E-state index in [1.54, 1.807) is 36.4 Å². The van der Waals surface area contributed by atoms with Crippen LogP contribution in [0.3, 0.4) is 0 Å². The van der Waals surface area contributed by atoms with Gasteiger partial charge in [0.15, 0.2) is 4.34 Å². The van der Waals surface area contributed by atoms with Crippen molar-refractivity contribution >= 4 is 91.5 Å². The summed E-state index contributed by atoms with van der Waals surface area (Å²) in [6.45, 7) is 2.41. The van der Waals surface area contributed by atoms with Crippen molar-refractivity contribution in [2.45, 2.75) is 29.7 Å². The highest BCUT2D eigenvalue weighted by molar-refractivity contribution is 14.1. The molecule has 1 unspecified atom stereocenters. The minimum atomic E-state index is -0.911. The Kier molecular flexibility index (Phi) is 10.00. The first kappa shape index (κ1) is 32.5. The van der Waals surface area contributed by atoms with Crippen molar-refractivity contribution in [2.75, 3.05) is 4.90 Å². The number of aryl methyl sites for hydroxylation is 1. The van der Waals surface area contributed by atoms with E-state index in [4.69, 9.17) is 27.9 Å². The zero-order valence-electron chi connectivity index (χ0n) is 24.1. The van der Waals surface area contributed by atoms with Crippen molar-refractivity contribution in [3.63, 3.8) is 0 Å². The Morgan fingerprint density at radius 1 is 1.00 bits per heavy atom. The summed E-state index contributed by atoms with van der Waals surface area (Å²) in [5, 5.41) is 21.4. The number of ether oxygens (including phenoxy) is 1. The lowest BCUT2D eigenvalue weighted by atomic mass is 9.95. The van der Waals surface area contributed by atoms with Gasteiger partial charge in [-0.2, -0.15) is 0 Å². The molecule has 0 saturated carbocycles. The molecule has 1 amide bonds. The number of halogens is 3. The third kappa shape index (κ3) is 7.11. The second kappa shape index (κ2) is 14.1. The summed E-state index contributed by atoms with van der Waals surface area (Å²) >= 11 is 17.1. The van der Waals surface area contributed by atoms with Crippen LogP contribution in [0.5, 0.6) is 5.75 Å². The molecule has 1 fully saturated rings. The molecule has 1 aliphatic heterocycles. The van der Waals surface area contributed by atoms with Crippen LogP contribution >= 0.6 is 68.9 Å². The van der Waals surface area contributed by atoms with Crippen LogP contribution < -0.4 is 9.64 Å². The molecule has 1 atom stereocenters. The van der Waals surface area contributed by atoms with Gasteiger partial charge in [-0.3, -0.25) is 14.5 Å². The summed E-state index contributed by atoms with van der Waals surface area (Å²) in [4.78, 5) is 28.5. The summed E-state index contributed by atoms with van der Waals surface area (Å²) in [5.74, 6) is -0.776. The lowest BCUT2D eigenvalue weighted by Crippen LogP contribution is -2.29. The van der Waals surface area contributed by atoms with Gasteiger partial charge in [-0.05, 0) is 94.7 Å². The number of aromatic nitrogens is 2. The summed E-state index contributed by atoms with van der Waals surface area (Å²) in [6, 6.07) is 26.6. The summed E-state index contributed by atoms with van der Waals surface area (Å²) in [6.07, 6.45) is 0. The van der Waals surface area contributed by atoms with Gasteiger partial charge in [-0.15, -0.1) is 10.2 Å². The number of hydrogen-bond acceptors (Lipinski definition) is 8. The molecule has 7 nitrogen and oxygen atoms in total. The predicted octanol–water partition coefficient (Wildman–Crippen LogP) is 9.26. The van der Waals surface area contributed by atoms with Gasteiger partial charge in [0.25, 0.3) is 5.78 Å². The molecule has 46 heavy (non-hydrogen) atoms. The van der Waals surface area contributed by atoms with E-state index in [2.05, 4.69) is 38.9 Å². The van der Waals surface area contributed by atoms with Crippen LogP contribution in [0.15, 0.2) is 101 Å². The maximum atomic E-state index is 13.6. The molecule has 0 bridgehead atoms. The Morgan fingerprint density at radius 3 is 2.48 bits per heavy atom. The molecular formula is C34H24Cl2IN3O4S2. The van der Waals surface area contributed by atoms with Crippen LogP contribution in [0.4, 0.5) is 5.13 Å². The van der Waals surface area contributed by atoms with Gasteiger partial charge in [-0.25, -0.2) is 0 Å². The summed E-state index contributed by atoms with van der Waals surface area (Å²) < 4.78 is 7.50. The monoisotopic (exact) mass is 799 g/mol. The number of aliphatic hydroxyl groups is 1. The molecule has 1 aliphatic rings. The fourth-order valence-corrected chi connectivity index (χ4v) is 7.75. The highest BCUT2D eigenvalue weighted by atomic mass is 127. The fourth-order valence-electron chi connectivity index (χ4n) is 4.96. The van der Waals surface area contributed by atoms with Gasteiger partial charge in [0.2, 0.25) is 5.13 Å². The normalized spacial score (nSPS) is 15.8. The van der Waals surface area contributed by atoms with E-state index >= 15 is 0 Å². The van der Waals surface area contributed by atoms with Crippen molar-refractivity contribution < 1.29 is 19.4 Å². The summed E-state index contributed by atoms with van der Waals surface area (Å²) in [5.41, 5.74) is 4.06. The van der Waals surface area contributed by atoms with Crippen LogP contribution in [-0.2, 0) is 21.9 Å². The van der Waals surface area contributed by atoms with Crippen molar-refractivity contribution in [3.8, 4) is 5.75 Å². The third-order valence-corrected chi connectivity index (χ3v) is 10.6. The number of carbonyl (C=O) groups excluding carboxylic acids is 2. The number of anilines is 1. The van der Waals surface area contributed by atoms with E-state index in [1.807, 2.05) is 55.5 Å². The number of amides is 1. The second-order valence-electron chi connectivity index (χ2n) is 10.4. The first-order chi connectivity index (χ1) is 22.2. The molecule has 232 valence electrons. The smallest absolute Gasteiger partial charge is 0.301 e. The highest BCUT2D eigenvalue weighted by Crippen LogP contribution is 2.44. The Labute approximate surface area is 297 Å². The van der Waals surface area contributed by atoms with E-state index in [0.29, 0.717) is 43.6 Å². The number of carbonyl (C=O) groups is 2. The van der Waals surface area contributed by atoms with E-state index in [1.165, 1.54) is 28.0 Å². The highest BCUT2D eigenvalue weighted by Gasteiger charge is 2.48. The summed E-state index contributed by atoms with van der Waals surface area (Å²) in [7, 11) is 0. The van der Waals surface area contributed by atoms with Crippen LogP contribution in [0.25, 0.3) is 5.76 Å². The van der Waals surface area contributed by atoms with E-state index in [9.17, 15) is 14.7 Å². The number of thioether (sulfide) groups is 1. The first-order valence-corrected chi connectivity index (χ1v) is 17.6. The van der Waals surface area contributed by atoms with Crippen molar-refractivity contribution in [2.24, 2.45) is 0 Å². The topological polar surface area (TPSA) is 92.6 Å². The van der Waals surface area contributed by atoms with Crippen LogP contribution in [0.2, 0.25) is 10.0 Å². The van der Waals surface area contributed by atoms with Gasteiger partial charge in [0.05, 0.1) is 11.6 Å². The quantitative estimate of drug-likeness (QED) is 0.0397. The largest absolute Gasteiger partial charge is 0.507 e. The van der Waals surface area contributed by atoms with Gasteiger partial charge in [0, 0.05) is 24.9 Å². The maximum Gasteiger partial charge on any atom is 0.301 e. The molecule has 4 aromatic carbocycles. The molecule has 1 aromatic heterocycles. The number of Topliss-reactive ketones (excluding diaryl/α,β-unsaturated/α-hetero) is 1. The number of aliphatic hydroxyl groups excluding tert-OH is 1. The van der Waals surface area contributed by atoms with Crippen LogP contribution in [0, 0.1) is 10.5 Å². The minimum Gasteiger partial charge on any atom is -0.507 e. The molecule has 0 spiro atoms. The molecule has 5 aromatic rings. The van der Waals surface area contributed by atoms with Gasteiger partial charge in [-0.1, -0.05) is 94.3 Å². The van der Waals surface area contributed by atoms with Gasteiger partial charge >= 0.3 is 5.91 Å². The third-order valence-electron chi connectivity index (χ3n) is 7.21. The predicted molar refractivity (Wildman–Crippen MR) is 192 cm³/mol. The maximum absolute atomic E-state index is 13.6. The number of ketones is 1. The van der Waals surface area contributed by atoms with Crippen molar-refractivity contribution in [1.82, 2.24) is 10.2 Å². The zero-order valence-corrected chi connectivity index (χ0v) is 29.4. The molecular weight excluding hydrogens is 776 g/mol. The van der Waals surface area contributed by atoms with Crippen molar-refractivity contribution in [3.05, 3.63) is 138 Å².